The highest BCUT2D eigenvalue weighted by Crippen LogP contribution is 2.38. The Morgan fingerprint density at radius 2 is 2.12 bits per heavy atom. The summed E-state index contributed by atoms with van der Waals surface area (Å²) in [6.45, 7) is 0.824. The molecule has 0 aromatic carbocycles. The lowest BCUT2D eigenvalue weighted by molar-refractivity contribution is 0.381. The molecule has 0 radical (unpaired) electrons. The second-order valence-electron chi connectivity index (χ2n) is 6.42. The maximum Gasteiger partial charge on any atom is 0.245 e. The molecule has 1 N–H and O–H groups in total. The first-order chi connectivity index (χ1) is 11.6. The van der Waals surface area contributed by atoms with Crippen molar-refractivity contribution in [2.24, 2.45) is 0 Å². The van der Waals surface area contributed by atoms with Crippen LogP contribution in [0.1, 0.15) is 30.3 Å². The molecule has 4 heterocycles. The Bertz CT molecular complexity index is 1030. The lowest BCUT2D eigenvalue weighted by atomic mass is 10.2. The Labute approximate surface area is 139 Å². The molecule has 1 saturated carbocycles. The average Bonchev–Trinajstić information content (AvgIpc) is 3.20. The minimum absolute atomic E-state index is 0.288. The number of fused-ring (bicyclic) bond motifs is 2. The Morgan fingerprint density at radius 1 is 1.25 bits per heavy atom. The van der Waals surface area contributed by atoms with E-state index in [1.807, 2.05) is 6.33 Å². The van der Waals surface area contributed by atoms with Crippen LogP contribution in [0.15, 0.2) is 35.7 Å². The molecule has 0 bridgehead atoms. The van der Waals surface area contributed by atoms with E-state index in [1.54, 1.807) is 18.3 Å². The fourth-order valence-corrected chi connectivity index (χ4v) is 5.02. The van der Waals surface area contributed by atoms with E-state index < -0.39 is 10.0 Å². The smallest absolute Gasteiger partial charge is 0.245 e. The number of nitrogens with one attached hydrogen (secondary N) is 1. The average molecular weight is 343 g/mol. The molecule has 8 heteroatoms. The van der Waals surface area contributed by atoms with Crippen molar-refractivity contribution < 1.29 is 8.42 Å². The number of aromatic amines is 1. The Balaban J connectivity index is 1.51. The minimum Gasteiger partial charge on any atom is -0.345 e. The van der Waals surface area contributed by atoms with Crippen LogP contribution in [-0.4, -0.2) is 38.8 Å². The fraction of sp³-hybridized carbons (Fsp3) is 0.375. The molecule has 5 rings (SSSR count). The van der Waals surface area contributed by atoms with E-state index in [4.69, 9.17) is 0 Å². The Kier molecular flexibility index (Phi) is 2.90. The number of pyridine rings is 1. The van der Waals surface area contributed by atoms with Crippen LogP contribution in [0, 0.1) is 0 Å². The maximum atomic E-state index is 13.1. The van der Waals surface area contributed by atoms with Gasteiger partial charge in [0.25, 0.3) is 0 Å². The molecule has 0 amide bonds. The third-order valence-corrected chi connectivity index (χ3v) is 6.76. The van der Waals surface area contributed by atoms with Crippen molar-refractivity contribution in [3.63, 3.8) is 0 Å². The van der Waals surface area contributed by atoms with E-state index >= 15 is 0 Å². The van der Waals surface area contributed by atoms with Crippen LogP contribution in [0.2, 0.25) is 0 Å². The van der Waals surface area contributed by atoms with Crippen LogP contribution in [0.4, 0.5) is 0 Å². The quantitative estimate of drug-likeness (QED) is 0.786. The molecule has 2 aliphatic rings. The number of imidazole rings is 1. The number of aromatic nitrogens is 4. The monoisotopic (exact) mass is 343 g/mol. The van der Waals surface area contributed by atoms with Gasteiger partial charge in [-0.05, 0) is 25.0 Å². The normalized spacial score (nSPS) is 18.8. The van der Waals surface area contributed by atoms with Gasteiger partial charge in [0.15, 0.2) is 0 Å². The van der Waals surface area contributed by atoms with Crippen LogP contribution < -0.4 is 0 Å². The molecule has 7 nitrogen and oxygen atoms in total. The molecule has 0 unspecified atom stereocenters. The van der Waals surface area contributed by atoms with E-state index in [0.717, 1.165) is 5.69 Å². The van der Waals surface area contributed by atoms with Crippen molar-refractivity contribution in [1.82, 2.24) is 23.8 Å². The molecule has 124 valence electrons. The van der Waals surface area contributed by atoms with Crippen LogP contribution >= 0.6 is 0 Å². The van der Waals surface area contributed by atoms with Crippen molar-refractivity contribution in [3.05, 3.63) is 42.2 Å². The largest absolute Gasteiger partial charge is 0.345 e. The summed E-state index contributed by atoms with van der Waals surface area (Å²) >= 11 is 0. The fourth-order valence-electron chi connectivity index (χ4n) is 3.46. The second-order valence-corrected chi connectivity index (χ2v) is 8.32. The van der Waals surface area contributed by atoms with Gasteiger partial charge < -0.3 is 9.55 Å². The summed E-state index contributed by atoms with van der Waals surface area (Å²) < 4.78 is 29.9. The number of hydrogen-bond acceptors (Lipinski definition) is 4. The van der Waals surface area contributed by atoms with Crippen LogP contribution in [0.25, 0.3) is 11.0 Å². The molecule has 0 saturated heterocycles. The van der Waals surface area contributed by atoms with Crippen LogP contribution in [0.3, 0.4) is 0 Å². The number of nitrogens with zero attached hydrogens (tertiary/aromatic N) is 4. The van der Waals surface area contributed by atoms with Gasteiger partial charge in [-0.3, -0.25) is 0 Å². The lowest BCUT2D eigenvalue weighted by Crippen LogP contribution is -2.36. The highest BCUT2D eigenvalue weighted by Gasteiger charge is 2.34. The first-order valence-electron chi connectivity index (χ1n) is 8.11. The highest BCUT2D eigenvalue weighted by molar-refractivity contribution is 7.89. The van der Waals surface area contributed by atoms with Gasteiger partial charge in [-0.25, -0.2) is 18.4 Å². The Morgan fingerprint density at radius 3 is 2.96 bits per heavy atom. The summed E-state index contributed by atoms with van der Waals surface area (Å²) in [5.74, 6) is 0. The number of H-pyrrole nitrogens is 1. The molecule has 0 spiro atoms. The first kappa shape index (κ1) is 14.2. The van der Waals surface area contributed by atoms with E-state index in [0.29, 0.717) is 36.6 Å². The molecule has 1 aliphatic carbocycles. The van der Waals surface area contributed by atoms with Gasteiger partial charge in [-0.1, -0.05) is 0 Å². The van der Waals surface area contributed by atoms with E-state index in [9.17, 15) is 8.42 Å². The molecular formula is C16H17N5O2S. The third-order valence-electron chi connectivity index (χ3n) is 4.88. The zero-order valence-electron chi connectivity index (χ0n) is 13.0. The summed E-state index contributed by atoms with van der Waals surface area (Å²) in [5.41, 5.74) is 2.67. The van der Waals surface area contributed by atoms with Crippen molar-refractivity contribution in [1.29, 1.82) is 0 Å². The zero-order chi connectivity index (χ0) is 16.3. The van der Waals surface area contributed by atoms with Gasteiger partial charge in [0.2, 0.25) is 10.0 Å². The van der Waals surface area contributed by atoms with Gasteiger partial charge in [-0.2, -0.15) is 4.31 Å². The van der Waals surface area contributed by atoms with Crippen molar-refractivity contribution in [2.45, 2.75) is 36.7 Å². The van der Waals surface area contributed by atoms with Gasteiger partial charge in [0.1, 0.15) is 10.5 Å². The summed E-state index contributed by atoms with van der Waals surface area (Å²) in [4.78, 5) is 11.9. The van der Waals surface area contributed by atoms with E-state index in [1.165, 1.54) is 29.0 Å². The van der Waals surface area contributed by atoms with E-state index in [2.05, 4.69) is 19.5 Å². The predicted octanol–water partition coefficient (Wildman–Crippen LogP) is 1.84. The Hall–Kier alpha value is -2.19. The summed E-state index contributed by atoms with van der Waals surface area (Å²) in [5, 5.41) is 0.631. The topological polar surface area (TPSA) is 83.9 Å². The second kappa shape index (κ2) is 4.90. The SMILES string of the molecule is O=S(=O)(c1c[nH]c2ncccc12)N1CCc2c(ncn2C2CC2)C1. The molecule has 1 aliphatic heterocycles. The molecular weight excluding hydrogens is 326 g/mol. The van der Waals surface area contributed by atoms with Crippen molar-refractivity contribution in [3.8, 4) is 0 Å². The zero-order valence-corrected chi connectivity index (χ0v) is 13.8. The molecule has 1 fully saturated rings. The van der Waals surface area contributed by atoms with Gasteiger partial charge in [0.05, 0.1) is 18.6 Å². The minimum atomic E-state index is -3.57. The molecule has 0 atom stereocenters. The van der Waals surface area contributed by atoms with Gasteiger partial charge in [-0.15, -0.1) is 0 Å². The van der Waals surface area contributed by atoms with Gasteiger partial charge >= 0.3 is 0 Å². The van der Waals surface area contributed by atoms with Gasteiger partial charge in [0, 0.05) is 42.5 Å². The summed E-state index contributed by atoms with van der Waals surface area (Å²) in [6.07, 6.45) is 8.16. The first-order valence-corrected chi connectivity index (χ1v) is 9.55. The third kappa shape index (κ3) is 2.03. The standard InChI is InChI=1S/C16H17N5O2S/c22-24(23,15-8-18-16-12(15)2-1-6-17-16)20-7-5-14-13(9-20)19-10-21(14)11-3-4-11/h1-2,6,8,10-11H,3-5,7,9H2,(H,17,18). The maximum absolute atomic E-state index is 13.1. The van der Waals surface area contributed by atoms with E-state index in [-0.39, 0.29) is 4.90 Å². The highest BCUT2D eigenvalue weighted by atomic mass is 32.2. The van der Waals surface area contributed by atoms with Crippen LogP contribution in [0.5, 0.6) is 0 Å². The number of sulfonamides is 1. The predicted molar refractivity (Wildman–Crippen MR) is 87.9 cm³/mol. The summed E-state index contributed by atoms with van der Waals surface area (Å²) in [6, 6.07) is 4.10. The van der Waals surface area contributed by atoms with Crippen molar-refractivity contribution in [2.75, 3.05) is 6.54 Å². The molecule has 3 aromatic rings. The lowest BCUT2D eigenvalue weighted by Gasteiger charge is -2.26. The summed E-state index contributed by atoms with van der Waals surface area (Å²) in [7, 11) is -3.57. The number of hydrogen-bond donors (Lipinski definition) is 1. The number of rotatable bonds is 3. The van der Waals surface area contributed by atoms with Crippen molar-refractivity contribution >= 4 is 21.1 Å². The van der Waals surface area contributed by atoms with Crippen LogP contribution in [-0.2, 0) is 23.0 Å². The molecule has 3 aromatic heterocycles. The molecule has 24 heavy (non-hydrogen) atoms.